The Morgan fingerprint density at radius 2 is 0.727 bits per heavy atom. The van der Waals surface area contributed by atoms with Gasteiger partial charge in [0, 0.05) is 49.4 Å². The summed E-state index contributed by atoms with van der Waals surface area (Å²) in [5, 5.41) is 26.8. The van der Waals surface area contributed by atoms with E-state index in [4.69, 9.17) is 0 Å². The minimum Gasteiger partial charge on any atom is -0.309 e. The quantitative estimate of drug-likeness (QED) is 0.184. The second-order valence-corrected chi connectivity index (χ2v) is 14.0. The summed E-state index contributed by atoms with van der Waals surface area (Å²) >= 11 is 0. The van der Waals surface area contributed by atoms with E-state index < -0.39 is 0 Å². The SMILES string of the molecule is N#Cc1cc(-c2ccc(-n3c4ccccc4c4cc(C#N)ccc43)cc2)cc(-n2c3ccccc3c3cc(-n4c5ccccc5c5ccccc54)ccc32)c1. The van der Waals surface area contributed by atoms with E-state index in [1.165, 1.54) is 21.8 Å². The maximum absolute atomic E-state index is 10.3. The molecule has 55 heavy (non-hydrogen) atoms. The number of para-hydroxylation sites is 4. The van der Waals surface area contributed by atoms with Gasteiger partial charge in [0.05, 0.1) is 56.4 Å². The van der Waals surface area contributed by atoms with Crippen LogP contribution in [0, 0.1) is 22.7 Å². The van der Waals surface area contributed by atoms with Gasteiger partial charge in [-0.05, 0) is 102 Å². The van der Waals surface area contributed by atoms with Crippen molar-refractivity contribution in [3.05, 3.63) is 187 Å². The zero-order chi connectivity index (χ0) is 36.6. The molecule has 0 radical (unpaired) electrons. The van der Waals surface area contributed by atoms with Crippen molar-refractivity contribution in [1.29, 1.82) is 10.5 Å². The number of hydrogen-bond donors (Lipinski definition) is 0. The van der Waals surface area contributed by atoms with Gasteiger partial charge in [0.1, 0.15) is 0 Å². The third-order valence-electron chi connectivity index (χ3n) is 11.1. The van der Waals surface area contributed by atoms with Crippen LogP contribution >= 0.6 is 0 Å². The standard InChI is InChI=1S/C50H29N5/c51-30-32-17-23-49-43(27-32)41-11-3-7-15-47(41)53(49)36-20-18-34(19-21-36)35-25-33(31-52)26-38(28-35)55-48-16-8-4-12-42(48)44-29-37(22-24-50(44)55)54-45-13-5-1-9-39(45)40-10-2-6-14-46(40)54/h1-29H. The Bertz CT molecular complexity index is 3400. The first-order valence-electron chi connectivity index (χ1n) is 18.3. The third-order valence-corrected chi connectivity index (χ3v) is 11.1. The topological polar surface area (TPSA) is 62.4 Å². The minimum atomic E-state index is 0.597. The first kappa shape index (κ1) is 30.7. The molecule has 0 saturated carbocycles. The third kappa shape index (κ3) is 4.58. The summed E-state index contributed by atoms with van der Waals surface area (Å²) in [5.41, 5.74) is 12.9. The molecule has 0 fully saturated rings. The molecule has 5 nitrogen and oxygen atoms in total. The van der Waals surface area contributed by atoms with Crippen LogP contribution in [-0.2, 0) is 0 Å². The van der Waals surface area contributed by atoms with E-state index in [1.54, 1.807) is 0 Å². The average Bonchev–Trinajstić information content (AvgIpc) is 3.89. The summed E-state index contributed by atoms with van der Waals surface area (Å²) in [7, 11) is 0. The zero-order valence-corrected chi connectivity index (χ0v) is 29.5. The molecular formula is C50H29N5. The molecule has 254 valence electrons. The summed E-state index contributed by atoms with van der Waals surface area (Å²) in [6.07, 6.45) is 0. The molecule has 0 spiro atoms. The number of nitriles is 2. The van der Waals surface area contributed by atoms with Crippen molar-refractivity contribution < 1.29 is 0 Å². The molecule has 3 aromatic heterocycles. The Morgan fingerprint density at radius 1 is 0.291 bits per heavy atom. The molecule has 0 N–H and O–H groups in total. The fourth-order valence-electron chi connectivity index (χ4n) is 8.67. The van der Waals surface area contributed by atoms with Crippen LogP contribution < -0.4 is 0 Å². The van der Waals surface area contributed by atoms with Gasteiger partial charge in [0.25, 0.3) is 0 Å². The maximum atomic E-state index is 10.3. The second-order valence-electron chi connectivity index (χ2n) is 14.0. The summed E-state index contributed by atoms with van der Waals surface area (Å²) in [6.45, 7) is 0. The second kappa shape index (κ2) is 11.8. The number of aromatic nitrogens is 3. The Morgan fingerprint density at radius 3 is 1.29 bits per heavy atom. The van der Waals surface area contributed by atoms with Crippen LogP contribution in [0.15, 0.2) is 176 Å². The van der Waals surface area contributed by atoms with E-state index in [0.717, 1.165) is 71.8 Å². The Balaban J connectivity index is 1.06. The van der Waals surface area contributed by atoms with Crippen molar-refractivity contribution in [2.45, 2.75) is 0 Å². The van der Waals surface area contributed by atoms with Crippen molar-refractivity contribution >= 4 is 65.4 Å². The molecule has 0 atom stereocenters. The molecule has 0 aliphatic heterocycles. The van der Waals surface area contributed by atoms with Gasteiger partial charge in [0.2, 0.25) is 0 Å². The van der Waals surface area contributed by atoms with E-state index in [-0.39, 0.29) is 0 Å². The molecule has 3 heterocycles. The smallest absolute Gasteiger partial charge is 0.0992 e. The van der Waals surface area contributed by atoms with E-state index >= 15 is 0 Å². The molecule has 11 aromatic rings. The lowest BCUT2D eigenvalue weighted by atomic mass is 10.0. The summed E-state index contributed by atoms with van der Waals surface area (Å²) < 4.78 is 6.89. The Hall–Kier alpha value is -7.86. The molecular weight excluding hydrogens is 671 g/mol. The lowest BCUT2D eigenvalue weighted by Gasteiger charge is -2.13. The van der Waals surface area contributed by atoms with Crippen LogP contribution in [-0.4, -0.2) is 13.7 Å². The predicted molar refractivity (Wildman–Crippen MR) is 224 cm³/mol. The molecule has 8 aromatic carbocycles. The van der Waals surface area contributed by atoms with Gasteiger partial charge in [-0.2, -0.15) is 10.5 Å². The molecule has 5 heteroatoms. The van der Waals surface area contributed by atoms with Crippen LogP contribution in [0.1, 0.15) is 11.1 Å². The molecule has 0 saturated heterocycles. The van der Waals surface area contributed by atoms with Crippen molar-refractivity contribution in [3.63, 3.8) is 0 Å². The first-order valence-corrected chi connectivity index (χ1v) is 18.3. The summed E-state index contributed by atoms with van der Waals surface area (Å²) in [4.78, 5) is 0. The Labute approximate surface area is 316 Å². The monoisotopic (exact) mass is 699 g/mol. The van der Waals surface area contributed by atoms with E-state index in [9.17, 15) is 10.5 Å². The number of hydrogen-bond acceptors (Lipinski definition) is 2. The molecule has 0 aliphatic carbocycles. The summed E-state index contributed by atoms with van der Waals surface area (Å²) in [6, 6.07) is 66.0. The van der Waals surface area contributed by atoms with Gasteiger partial charge in [-0.15, -0.1) is 0 Å². The number of rotatable bonds is 4. The molecule has 11 rings (SSSR count). The number of nitrogens with zero attached hydrogens (tertiary/aromatic N) is 5. The molecule has 0 bridgehead atoms. The van der Waals surface area contributed by atoms with Gasteiger partial charge in [-0.25, -0.2) is 0 Å². The van der Waals surface area contributed by atoms with E-state index in [0.29, 0.717) is 11.1 Å². The van der Waals surface area contributed by atoms with Crippen molar-refractivity contribution in [3.8, 4) is 40.3 Å². The molecule has 0 amide bonds. The fraction of sp³-hybridized carbons (Fsp3) is 0. The maximum Gasteiger partial charge on any atom is 0.0992 e. The lowest BCUT2D eigenvalue weighted by molar-refractivity contribution is 1.16. The largest absolute Gasteiger partial charge is 0.309 e. The van der Waals surface area contributed by atoms with Crippen LogP contribution in [0.2, 0.25) is 0 Å². The fourth-order valence-corrected chi connectivity index (χ4v) is 8.67. The van der Waals surface area contributed by atoms with E-state index in [1.807, 2.05) is 42.5 Å². The molecule has 0 unspecified atom stereocenters. The highest BCUT2D eigenvalue weighted by Crippen LogP contribution is 2.38. The minimum absolute atomic E-state index is 0.597. The highest BCUT2D eigenvalue weighted by atomic mass is 15.0. The summed E-state index contributed by atoms with van der Waals surface area (Å²) in [5.74, 6) is 0. The van der Waals surface area contributed by atoms with Crippen molar-refractivity contribution in [2.75, 3.05) is 0 Å². The van der Waals surface area contributed by atoms with Gasteiger partial charge in [-0.1, -0.05) is 84.9 Å². The normalized spacial score (nSPS) is 11.6. The van der Waals surface area contributed by atoms with Gasteiger partial charge < -0.3 is 13.7 Å². The van der Waals surface area contributed by atoms with Crippen molar-refractivity contribution in [1.82, 2.24) is 13.7 Å². The predicted octanol–water partition coefficient (Wildman–Crippen LogP) is 12.4. The highest BCUT2D eigenvalue weighted by molar-refractivity contribution is 6.13. The Kier molecular flexibility index (Phi) is 6.61. The zero-order valence-electron chi connectivity index (χ0n) is 29.5. The van der Waals surface area contributed by atoms with Crippen LogP contribution in [0.3, 0.4) is 0 Å². The van der Waals surface area contributed by atoms with Crippen molar-refractivity contribution in [2.24, 2.45) is 0 Å². The van der Waals surface area contributed by atoms with E-state index in [2.05, 4.69) is 159 Å². The highest BCUT2D eigenvalue weighted by Gasteiger charge is 2.18. The average molecular weight is 700 g/mol. The molecule has 0 aliphatic rings. The van der Waals surface area contributed by atoms with Gasteiger partial charge in [0.15, 0.2) is 0 Å². The number of benzene rings is 8. The van der Waals surface area contributed by atoms with Crippen LogP contribution in [0.5, 0.6) is 0 Å². The van der Waals surface area contributed by atoms with Gasteiger partial charge in [-0.3, -0.25) is 0 Å². The number of fused-ring (bicyclic) bond motifs is 9. The first-order chi connectivity index (χ1) is 27.2. The van der Waals surface area contributed by atoms with Gasteiger partial charge >= 0.3 is 0 Å². The van der Waals surface area contributed by atoms with Crippen LogP contribution in [0.25, 0.3) is 93.6 Å². The van der Waals surface area contributed by atoms with Crippen LogP contribution in [0.4, 0.5) is 0 Å². The lowest BCUT2D eigenvalue weighted by Crippen LogP contribution is -1.97.